The van der Waals surface area contributed by atoms with Gasteiger partial charge in [0.15, 0.2) is 0 Å². The number of hydrogen-bond donors (Lipinski definition) is 1. The number of ether oxygens (including phenoxy) is 2. The lowest BCUT2D eigenvalue weighted by Crippen LogP contribution is -2.12. The minimum absolute atomic E-state index is 0.746. The number of benzene rings is 1. The summed E-state index contributed by atoms with van der Waals surface area (Å²) in [5.74, 6) is 2.38. The Morgan fingerprint density at radius 1 is 1.05 bits per heavy atom. The summed E-state index contributed by atoms with van der Waals surface area (Å²) in [6.45, 7) is 3.74. The van der Waals surface area contributed by atoms with Gasteiger partial charge in [-0.3, -0.25) is 4.98 Å². The number of hydrogen-bond acceptors (Lipinski definition) is 4. The number of pyridine rings is 1. The van der Waals surface area contributed by atoms with Gasteiger partial charge in [-0.2, -0.15) is 0 Å². The summed E-state index contributed by atoms with van der Waals surface area (Å²) in [5, 5.41) is 3.24. The van der Waals surface area contributed by atoms with Crippen LogP contribution in [0.25, 0.3) is 0 Å². The Bertz CT molecular complexity index is 512. The zero-order chi connectivity index (χ0) is 13.5. The Kier molecular flexibility index (Phi) is 4.75. The standard InChI is InChI=1S/C15H18N2O2/c1-3-16-11-12-10-15(8-9-17-12)19-14-6-4-13(18-2)5-7-14/h4-10,16H,3,11H2,1-2H3. The summed E-state index contributed by atoms with van der Waals surface area (Å²) >= 11 is 0. The van der Waals surface area contributed by atoms with Crippen molar-refractivity contribution in [3.63, 3.8) is 0 Å². The molecule has 0 bridgehead atoms. The van der Waals surface area contributed by atoms with Crippen molar-refractivity contribution in [2.24, 2.45) is 0 Å². The Morgan fingerprint density at radius 3 is 2.47 bits per heavy atom. The Balaban J connectivity index is 2.05. The first-order valence-corrected chi connectivity index (χ1v) is 6.29. The number of nitrogens with zero attached hydrogens (tertiary/aromatic N) is 1. The van der Waals surface area contributed by atoms with Crippen LogP contribution in [-0.4, -0.2) is 18.6 Å². The molecule has 1 aromatic heterocycles. The summed E-state index contributed by atoms with van der Waals surface area (Å²) in [6.07, 6.45) is 1.76. The van der Waals surface area contributed by atoms with Gasteiger partial charge in [0, 0.05) is 18.8 Å². The molecule has 0 spiro atoms. The van der Waals surface area contributed by atoms with Crippen molar-refractivity contribution in [3.8, 4) is 17.2 Å². The molecule has 1 N–H and O–H groups in total. The highest BCUT2D eigenvalue weighted by molar-refractivity contribution is 5.35. The van der Waals surface area contributed by atoms with E-state index in [0.717, 1.165) is 36.0 Å². The van der Waals surface area contributed by atoms with Gasteiger partial charge >= 0.3 is 0 Å². The third-order valence-corrected chi connectivity index (χ3v) is 2.64. The van der Waals surface area contributed by atoms with Crippen LogP contribution < -0.4 is 14.8 Å². The minimum atomic E-state index is 0.746. The van der Waals surface area contributed by atoms with Gasteiger partial charge in [0.1, 0.15) is 17.2 Å². The molecule has 2 aromatic rings. The van der Waals surface area contributed by atoms with Gasteiger partial charge in [-0.1, -0.05) is 6.92 Å². The normalized spacial score (nSPS) is 10.2. The first-order chi connectivity index (χ1) is 9.31. The maximum Gasteiger partial charge on any atom is 0.130 e. The fourth-order valence-electron chi connectivity index (χ4n) is 1.65. The van der Waals surface area contributed by atoms with Crippen molar-refractivity contribution < 1.29 is 9.47 Å². The predicted octanol–water partition coefficient (Wildman–Crippen LogP) is 2.99. The summed E-state index contributed by atoms with van der Waals surface area (Å²) in [6, 6.07) is 11.3. The van der Waals surface area contributed by atoms with Gasteiger partial charge in [0.25, 0.3) is 0 Å². The van der Waals surface area contributed by atoms with Gasteiger partial charge in [0.2, 0.25) is 0 Å². The van der Waals surface area contributed by atoms with Crippen molar-refractivity contribution in [2.75, 3.05) is 13.7 Å². The summed E-state index contributed by atoms with van der Waals surface area (Å²) in [5.41, 5.74) is 0.966. The molecule has 19 heavy (non-hydrogen) atoms. The smallest absolute Gasteiger partial charge is 0.130 e. The van der Waals surface area contributed by atoms with E-state index in [1.165, 1.54) is 0 Å². The molecule has 4 nitrogen and oxygen atoms in total. The quantitative estimate of drug-likeness (QED) is 0.865. The molecule has 1 heterocycles. The van der Waals surface area contributed by atoms with E-state index in [0.29, 0.717) is 0 Å². The lowest BCUT2D eigenvalue weighted by molar-refractivity contribution is 0.413. The first-order valence-electron chi connectivity index (χ1n) is 6.29. The van der Waals surface area contributed by atoms with Crippen LogP contribution in [0.2, 0.25) is 0 Å². The summed E-state index contributed by atoms with van der Waals surface area (Å²) in [7, 11) is 1.64. The molecule has 0 unspecified atom stereocenters. The molecule has 2 rings (SSSR count). The molecule has 0 saturated heterocycles. The van der Waals surface area contributed by atoms with Crippen molar-refractivity contribution >= 4 is 0 Å². The lowest BCUT2D eigenvalue weighted by atomic mass is 10.3. The van der Waals surface area contributed by atoms with E-state index < -0.39 is 0 Å². The number of rotatable bonds is 6. The summed E-state index contributed by atoms with van der Waals surface area (Å²) < 4.78 is 10.9. The van der Waals surface area contributed by atoms with Crippen LogP contribution in [0.3, 0.4) is 0 Å². The van der Waals surface area contributed by atoms with Crippen molar-refractivity contribution in [2.45, 2.75) is 13.5 Å². The van der Waals surface area contributed by atoms with E-state index in [1.54, 1.807) is 13.3 Å². The molecular formula is C15H18N2O2. The van der Waals surface area contributed by atoms with E-state index in [9.17, 15) is 0 Å². The Labute approximate surface area is 113 Å². The molecular weight excluding hydrogens is 240 g/mol. The average molecular weight is 258 g/mol. The molecule has 0 radical (unpaired) electrons. The van der Waals surface area contributed by atoms with Gasteiger partial charge < -0.3 is 14.8 Å². The monoisotopic (exact) mass is 258 g/mol. The molecule has 1 aromatic carbocycles. The molecule has 0 aliphatic heterocycles. The second-order valence-corrected chi connectivity index (χ2v) is 4.04. The molecule has 0 amide bonds. The van der Waals surface area contributed by atoms with Crippen LogP contribution in [0, 0.1) is 0 Å². The second kappa shape index (κ2) is 6.75. The van der Waals surface area contributed by atoms with Crippen molar-refractivity contribution in [1.29, 1.82) is 0 Å². The molecule has 0 saturated carbocycles. The highest BCUT2D eigenvalue weighted by Crippen LogP contribution is 2.23. The third kappa shape index (κ3) is 3.96. The Morgan fingerprint density at radius 2 is 1.79 bits per heavy atom. The van der Waals surface area contributed by atoms with Crippen LogP contribution in [0.5, 0.6) is 17.2 Å². The predicted molar refractivity (Wildman–Crippen MR) is 74.7 cm³/mol. The Hall–Kier alpha value is -2.07. The van der Waals surface area contributed by atoms with E-state index in [4.69, 9.17) is 9.47 Å². The highest BCUT2D eigenvalue weighted by atomic mass is 16.5. The fourth-order valence-corrected chi connectivity index (χ4v) is 1.65. The third-order valence-electron chi connectivity index (χ3n) is 2.64. The molecule has 0 aliphatic carbocycles. The van der Waals surface area contributed by atoms with E-state index in [-0.39, 0.29) is 0 Å². The SMILES string of the molecule is CCNCc1cc(Oc2ccc(OC)cc2)ccn1. The van der Waals surface area contributed by atoms with Gasteiger partial charge in [-0.15, -0.1) is 0 Å². The van der Waals surface area contributed by atoms with Gasteiger partial charge in [0.05, 0.1) is 12.8 Å². The lowest BCUT2D eigenvalue weighted by Gasteiger charge is -2.08. The topological polar surface area (TPSA) is 43.4 Å². The number of nitrogens with one attached hydrogen (secondary N) is 1. The molecule has 4 heteroatoms. The van der Waals surface area contributed by atoms with Crippen LogP contribution in [0.1, 0.15) is 12.6 Å². The van der Waals surface area contributed by atoms with Crippen LogP contribution in [0.15, 0.2) is 42.6 Å². The van der Waals surface area contributed by atoms with Crippen LogP contribution in [0.4, 0.5) is 0 Å². The van der Waals surface area contributed by atoms with Crippen LogP contribution >= 0.6 is 0 Å². The first kappa shape index (κ1) is 13.4. The molecule has 0 aliphatic rings. The van der Waals surface area contributed by atoms with E-state index >= 15 is 0 Å². The van der Waals surface area contributed by atoms with Gasteiger partial charge in [-0.25, -0.2) is 0 Å². The fraction of sp³-hybridized carbons (Fsp3) is 0.267. The largest absolute Gasteiger partial charge is 0.497 e. The summed E-state index contributed by atoms with van der Waals surface area (Å²) in [4.78, 5) is 4.28. The average Bonchev–Trinajstić information content (AvgIpc) is 2.46. The zero-order valence-corrected chi connectivity index (χ0v) is 11.2. The van der Waals surface area contributed by atoms with Crippen LogP contribution in [-0.2, 0) is 6.54 Å². The maximum atomic E-state index is 5.78. The van der Waals surface area contributed by atoms with E-state index in [2.05, 4.69) is 17.2 Å². The second-order valence-electron chi connectivity index (χ2n) is 4.04. The highest BCUT2D eigenvalue weighted by Gasteiger charge is 2.00. The molecule has 0 fully saturated rings. The van der Waals surface area contributed by atoms with Crippen molar-refractivity contribution in [3.05, 3.63) is 48.3 Å². The van der Waals surface area contributed by atoms with E-state index in [1.807, 2.05) is 36.4 Å². The molecule has 100 valence electrons. The van der Waals surface area contributed by atoms with Gasteiger partial charge in [-0.05, 0) is 36.9 Å². The van der Waals surface area contributed by atoms with Crippen molar-refractivity contribution in [1.82, 2.24) is 10.3 Å². The molecule has 0 atom stereocenters. The minimum Gasteiger partial charge on any atom is -0.497 e. The maximum absolute atomic E-state index is 5.78. The zero-order valence-electron chi connectivity index (χ0n) is 11.2. The number of methoxy groups -OCH3 is 1. The number of aromatic nitrogens is 1.